The topological polar surface area (TPSA) is 111 Å². The molecule has 0 aliphatic carbocycles. The second-order valence-corrected chi connectivity index (χ2v) is 22.0. The molecule has 0 saturated carbocycles. The third kappa shape index (κ3) is 7.07. The van der Waals surface area contributed by atoms with Crippen molar-refractivity contribution in [3.63, 3.8) is 0 Å². The Balaban J connectivity index is 0.792. The number of hydrogen-bond acceptors (Lipinski definition) is 9. The average molecular weight is 1030 g/mol. The lowest BCUT2D eigenvalue weighted by molar-refractivity contribution is 0.452. The summed E-state index contributed by atoms with van der Waals surface area (Å²) < 4.78 is 37.1. The van der Waals surface area contributed by atoms with E-state index in [1.54, 1.807) is 0 Å². The molecule has 15 rings (SSSR count). The Labute approximate surface area is 458 Å². The third-order valence-corrected chi connectivity index (χ3v) is 16.6. The lowest BCUT2D eigenvalue weighted by atomic mass is 9.35. The lowest BCUT2D eigenvalue weighted by Crippen LogP contribution is -2.57. The Hall–Kier alpha value is -9.35. The second-order valence-electron chi connectivity index (χ2n) is 22.0. The van der Waals surface area contributed by atoms with E-state index in [9.17, 15) is 0 Å². The van der Waals surface area contributed by atoms with Crippen molar-refractivity contribution in [2.45, 2.75) is 69.2 Å². The van der Waals surface area contributed by atoms with Gasteiger partial charge in [-0.2, -0.15) is 10.2 Å². The molecule has 0 radical (unpaired) electrons. The van der Waals surface area contributed by atoms with Gasteiger partial charge in [0.1, 0.15) is 40.3 Å². The molecule has 4 aliphatic rings. The van der Waals surface area contributed by atoms with E-state index in [-0.39, 0.29) is 13.4 Å². The van der Waals surface area contributed by atoms with Gasteiger partial charge >= 0.3 is 0 Å². The van der Waals surface area contributed by atoms with E-state index in [0.29, 0.717) is 11.8 Å². The van der Waals surface area contributed by atoms with Crippen molar-refractivity contribution in [2.24, 2.45) is 0 Å². The predicted octanol–water partition coefficient (Wildman–Crippen LogP) is 11.6. The molecular weight excluding hydrogens is 978 g/mol. The quantitative estimate of drug-likeness (QED) is 0.150. The number of aromatic nitrogens is 6. The molecule has 13 heteroatoms. The normalized spacial score (nSPS) is 13.0. The Bertz CT molecular complexity index is 4140. The number of hydrogen-bond donors (Lipinski definition) is 0. The SMILES string of the molecule is Cc1cc(C)c(-c2c(C)nn(-c3cnc4c(c3)B3c5cc(-c6coc(-c7ccc8c(c7)B7c9cc(-n%10nc(C)c(-c%11c(C)cc(C)cc%11C)c%10C)cnc9Oc9cccc(c97)O8)c6)ccc5Oc5cccc(c53)O4)c2C)c(C)c1. The summed E-state index contributed by atoms with van der Waals surface area (Å²) in [5.74, 6) is 6.34. The Morgan fingerprint density at radius 3 is 1.29 bits per heavy atom. The molecule has 0 fully saturated rings. The number of nitrogens with zero attached hydrogens (tertiary/aromatic N) is 6. The summed E-state index contributed by atoms with van der Waals surface area (Å²) >= 11 is 0. The molecular formula is C66H52B2N6O5. The molecule has 0 atom stereocenters. The fourth-order valence-electron chi connectivity index (χ4n) is 13.5. The average Bonchev–Trinajstić information content (AvgIpc) is 4.16. The van der Waals surface area contributed by atoms with Gasteiger partial charge in [0.25, 0.3) is 13.4 Å². The summed E-state index contributed by atoms with van der Waals surface area (Å²) in [6.07, 6.45) is 5.56. The van der Waals surface area contributed by atoms with Crippen LogP contribution in [0.1, 0.15) is 56.2 Å². The minimum atomic E-state index is -0.241. The summed E-state index contributed by atoms with van der Waals surface area (Å²) in [6, 6.07) is 40.1. The van der Waals surface area contributed by atoms with Crippen molar-refractivity contribution >= 4 is 46.2 Å². The first-order valence-electron chi connectivity index (χ1n) is 26.9. The molecule has 0 N–H and O–H groups in total. The van der Waals surface area contributed by atoms with E-state index in [1.807, 2.05) is 70.5 Å². The van der Waals surface area contributed by atoms with Crippen molar-refractivity contribution < 1.29 is 23.4 Å². The zero-order valence-corrected chi connectivity index (χ0v) is 45.6. The summed E-state index contributed by atoms with van der Waals surface area (Å²) in [5.41, 5.74) is 26.5. The van der Waals surface area contributed by atoms with Crippen LogP contribution in [0.25, 0.3) is 56.1 Å². The molecule has 0 saturated heterocycles. The van der Waals surface area contributed by atoms with E-state index in [1.165, 1.54) is 44.5 Å². The van der Waals surface area contributed by atoms with E-state index < -0.39 is 0 Å². The summed E-state index contributed by atoms with van der Waals surface area (Å²) in [7, 11) is 0. The molecule has 4 aliphatic heterocycles. The number of pyridine rings is 2. The van der Waals surface area contributed by atoms with Gasteiger partial charge in [-0.3, -0.25) is 0 Å². The molecule has 0 spiro atoms. The molecule has 0 unspecified atom stereocenters. The third-order valence-electron chi connectivity index (χ3n) is 16.6. The molecule has 382 valence electrons. The number of ether oxygens (including phenoxy) is 4. The highest BCUT2D eigenvalue weighted by atomic mass is 16.5. The van der Waals surface area contributed by atoms with Crippen molar-refractivity contribution in [2.75, 3.05) is 0 Å². The molecule has 9 heterocycles. The van der Waals surface area contributed by atoms with Crippen molar-refractivity contribution in [1.82, 2.24) is 29.5 Å². The van der Waals surface area contributed by atoms with Crippen molar-refractivity contribution in [1.29, 1.82) is 0 Å². The van der Waals surface area contributed by atoms with Gasteiger partial charge in [-0.1, -0.05) is 65.7 Å². The van der Waals surface area contributed by atoms with Crippen LogP contribution in [-0.4, -0.2) is 43.0 Å². The van der Waals surface area contributed by atoms with E-state index in [4.69, 9.17) is 43.5 Å². The van der Waals surface area contributed by atoms with E-state index in [0.717, 1.165) is 135 Å². The maximum atomic E-state index is 6.68. The first-order valence-corrected chi connectivity index (χ1v) is 26.9. The minimum Gasteiger partial charge on any atom is -0.464 e. The highest BCUT2D eigenvalue weighted by Crippen LogP contribution is 2.41. The van der Waals surface area contributed by atoms with Crippen LogP contribution in [0.2, 0.25) is 0 Å². The molecule has 79 heavy (non-hydrogen) atoms. The number of rotatable bonds is 6. The zero-order chi connectivity index (χ0) is 53.9. The number of fused-ring (bicyclic) bond motifs is 8. The monoisotopic (exact) mass is 1030 g/mol. The van der Waals surface area contributed by atoms with E-state index in [2.05, 4.69) is 142 Å². The molecule has 5 aromatic heterocycles. The van der Waals surface area contributed by atoms with Gasteiger partial charge in [0.15, 0.2) is 0 Å². The maximum absolute atomic E-state index is 6.68. The molecule has 0 bridgehead atoms. The van der Waals surface area contributed by atoms with Gasteiger partial charge in [0.05, 0.1) is 41.4 Å². The number of aryl methyl sites for hydroxylation is 8. The highest BCUT2D eigenvalue weighted by molar-refractivity contribution is 6.99. The largest absolute Gasteiger partial charge is 0.464 e. The highest BCUT2D eigenvalue weighted by Gasteiger charge is 2.43. The van der Waals surface area contributed by atoms with Crippen LogP contribution in [0.4, 0.5) is 0 Å². The van der Waals surface area contributed by atoms with Crippen LogP contribution in [0.5, 0.6) is 46.3 Å². The smallest absolute Gasteiger partial charge is 0.262 e. The van der Waals surface area contributed by atoms with Gasteiger partial charge in [-0.15, -0.1) is 0 Å². The Morgan fingerprint density at radius 1 is 0.392 bits per heavy atom. The van der Waals surface area contributed by atoms with Crippen LogP contribution < -0.4 is 51.7 Å². The van der Waals surface area contributed by atoms with E-state index >= 15 is 0 Å². The fourth-order valence-corrected chi connectivity index (χ4v) is 13.5. The molecule has 0 amide bonds. The number of furan rings is 1. The number of benzene rings is 6. The van der Waals surface area contributed by atoms with Crippen LogP contribution in [-0.2, 0) is 0 Å². The van der Waals surface area contributed by atoms with Gasteiger partial charge in [0.2, 0.25) is 11.8 Å². The fraction of sp³-hybridized carbons (Fsp3) is 0.152. The standard InChI is InChI=1S/C66H52B2N6O5/c1-33-21-35(3)59(36(4)22-33)61-39(7)71-73(41(61)9)46-28-50-65(69-30-46)78-56-15-11-13-54-63(56)67(50)48-25-43(17-19-52(48)76-54)45-27-58(75-32-45)44-18-20-53-49(26-44)68-51-29-47(31-70-66(51)79-57-16-12-14-55(77-53)64(57)68)74-42(10)62(40(8)72-74)60-37(5)23-34(2)24-38(60)6/h11-32H,1-10H3. The lowest BCUT2D eigenvalue weighted by Gasteiger charge is -2.32. The van der Waals surface area contributed by atoms with Crippen LogP contribution >= 0.6 is 0 Å². The minimum absolute atomic E-state index is 0.230. The van der Waals surface area contributed by atoms with Gasteiger partial charge in [-0.05, 0) is 191 Å². The summed E-state index contributed by atoms with van der Waals surface area (Å²) in [6.45, 7) is 21.0. The summed E-state index contributed by atoms with van der Waals surface area (Å²) in [4.78, 5) is 9.98. The van der Waals surface area contributed by atoms with Crippen LogP contribution in [0.15, 0.2) is 138 Å². The van der Waals surface area contributed by atoms with Gasteiger partial charge < -0.3 is 23.4 Å². The maximum Gasteiger partial charge on any atom is 0.262 e. The predicted molar refractivity (Wildman–Crippen MR) is 313 cm³/mol. The molecule has 6 aromatic carbocycles. The van der Waals surface area contributed by atoms with Crippen molar-refractivity contribution in [3.05, 3.63) is 190 Å². The zero-order valence-electron chi connectivity index (χ0n) is 45.6. The summed E-state index contributed by atoms with van der Waals surface area (Å²) in [5, 5.41) is 10.3. The van der Waals surface area contributed by atoms with Crippen molar-refractivity contribution in [3.8, 4) is 102 Å². The molecule has 11 nitrogen and oxygen atoms in total. The van der Waals surface area contributed by atoms with Gasteiger partial charge in [0, 0.05) is 44.6 Å². The van der Waals surface area contributed by atoms with Crippen LogP contribution in [0, 0.1) is 69.2 Å². The second kappa shape index (κ2) is 17.1. The van der Waals surface area contributed by atoms with Crippen LogP contribution in [0.3, 0.4) is 0 Å². The molecule has 11 aromatic rings. The Morgan fingerprint density at radius 2 is 0.823 bits per heavy atom. The first kappa shape index (κ1) is 46.9. The van der Waals surface area contributed by atoms with Gasteiger partial charge in [-0.25, -0.2) is 19.3 Å². The first-order chi connectivity index (χ1) is 38.2. The Kier molecular flexibility index (Phi) is 10.1.